The van der Waals surface area contributed by atoms with Crippen molar-refractivity contribution in [3.8, 4) is 0 Å². The molecule has 1 fully saturated rings. The summed E-state index contributed by atoms with van der Waals surface area (Å²) in [6.45, 7) is 5.12. The quantitative estimate of drug-likeness (QED) is 0.202. The van der Waals surface area contributed by atoms with Gasteiger partial charge in [0, 0.05) is 11.3 Å². The van der Waals surface area contributed by atoms with E-state index in [1.54, 1.807) is 51.1 Å². The van der Waals surface area contributed by atoms with Gasteiger partial charge in [0.15, 0.2) is 6.10 Å². The van der Waals surface area contributed by atoms with Crippen LogP contribution in [-0.4, -0.2) is 57.8 Å². The molecule has 3 amide bonds. The van der Waals surface area contributed by atoms with Crippen molar-refractivity contribution in [1.82, 2.24) is 15.5 Å². The smallest absolute Gasteiger partial charge is 0.408 e. The van der Waals surface area contributed by atoms with Crippen LogP contribution in [0.15, 0.2) is 102 Å². The third kappa shape index (κ3) is 7.09. The van der Waals surface area contributed by atoms with Crippen molar-refractivity contribution < 1.29 is 33.4 Å². The molecule has 5 rings (SSSR count). The van der Waals surface area contributed by atoms with Gasteiger partial charge in [0.1, 0.15) is 35.0 Å². The number of benzene rings is 3. The van der Waals surface area contributed by atoms with Crippen LogP contribution in [0.3, 0.4) is 0 Å². The van der Waals surface area contributed by atoms with Crippen molar-refractivity contribution in [3.05, 3.63) is 119 Å². The molecule has 3 atom stereocenters. The second-order valence-corrected chi connectivity index (χ2v) is 12.6. The Kier molecular flexibility index (Phi) is 9.38. The molecule has 3 aromatic carbocycles. The third-order valence-corrected chi connectivity index (χ3v) is 8.42. The van der Waals surface area contributed by atoms with Crippen molar-refractivity contribution in [2.75, 3.05) is 5.75 Å². The molecule has 3 aromatic rings. The molecule has 232 valence electrons. The van der Waals surface area contributed by atoms with Crippen LogP contribution >= 0.6 is 11.8 Å². The van der Waals surface area contributed by atoms with Crippen LogP contribution in [0.4, 0.5) is 4.79 Å². The number of rotatable bonds is 9. The van der Waals surface area contributed by atoms with E-state index in [1.807, 2.05) is 60.7 Å². The summed E-state index contributed by atoms with van der Waals surface area (Å²) < 4.78 is 11.3. The first kappa shape index (κ1) is 31.5. The molecule has 11 heteroatoms. The Balaban J connectivity index is 1.35. The lowest BCUT2D eigenvalue weighted by atomic mass is 10.00. The standard InChI is InChI=1S/C34H33N3O7S/c1-34(2,3)44-33(42)36-25(21-13-7-4-8-14-21)29(39)35-26-30(40)37-27(24(19-38)20-45-31(26)37)32(41)43-28(22-15-9-5-10-16-22)23-17-11-6-12-18-23/h4-19,25-26,28,31H,20H2,1-3H3,(H,35,39)(H,36,42)/t25?,26-,31+/m1/s1. The number of carbonyl (C=O) groups is 5. The van der Waals surface area contributed by atoms with Crippen LogP contribution in [0, 0.1) is 0 Å². The number of hydrogen-bond acceptors (Lipinski definition) is 8. The van der Waals surface area contributed by atoms with E-state index >= 15 is 0 Å². The summed E-state index contributed by atoms with van der Waals surface area (Å²) >= 11 is 1.24. The summed E-state index contributed by atoms with van der Waals surface area (Å²) in [4.78, 5) is 66.7. The maximum absolute atomic E-state index is 13.7. The second kappa shape index (κ2) is 13.4. The lowest BCUT2D eigenvalue weighted by molar-refractivity contribution is -0.155. The predicted molar refractivity (Wildman–Crippen MR) is 167 cm³/mol. The van der Waals surface area contributed by atoms with Crippen LogP contribution in [0.1, 0.15) is 49.6 Å². The molecule has 2 N–H and O–H groups in total. The first-order valence-corrected chi connectivity index (χ1v) is 15.4. The van der Waals surface area contributed by atoms with Gasteiger partial charge in [0.05, 0.1) is 0 Å². The van der Waals surface area contributed by atoms with Crippen LogP contribution in [0.25, 0.3) is 0 Å². The first-order chi connectivity index (χ1) is 21.6. The minimum Gasteiger partial charge on any atom is -0.448 e. The lowest BCUT2D eigenvalue weighted by Gasteiger charge is -2.49. The number of alkyl carbamates (subject to hydrolysis) is 1. The number of nitrogens with one attached hydrogen (secondary N) is 2. The van der Waals surface area contributed by atoms with Gasteiger partial charge in [0.2, 0.25) is 5.91 Å². The molecule has 0 bridgehead atoms. The molecular formula is C34H33N3O7S. The molecule has 2 aliphatic heterocycles. The molecule has 0 aromatic heterocycles. The summed E-state index contributed by atoms with van der Waals surface area (Å²) in [5.74, 6) is -1.90. The highest BCUT2D eigenvalue weighted by atomic mass is 32.2. The van der Waals surface area contributed by atoms with Gasteiger partial charge in [-0.25, -0.2) is 9.59 Å². The summed E-state index contributed by atoms with van der Waals surface area (Å²) in [7, 11) is 0. The molecule has 0 saturated carbocycles. The summed E-state index contributed by atoms with van der Waals surface area (Å²) in [6, 6.07) is 24.7. The monoisotopic (exact) mass is 627 g/mol. The maximum atomic E-state index is 13.7. The highest BCUT2D eigenvalue weighted by Crippen LogP contribution is 2.41. The molecule has 10 nitrogen and oxygen atoms in total. The van der Waals surface area contributed by atoms with E-state index in [0.717, 1.165) is 11.1 Å². The molecule has 45 heavy (non-hydrogen) atoms. The average Bonchev–Trinajstić information content (AvgIpc) is 3.04. The van der Waals surface area contributed by atoms with Crippen molar-refractivity contribution in [1.29, 1.82) is 0 Å². The Hall–Kier alpha value is -4.90. The van der Waals surface area contributed by atoms with E-state index in [0.29, 0.717) is 11.8 Å². The maximum Gasteiger partial charge on any atom is 0.408 e. The number of nitrogens with zero attached hydrogens (tertiary/aromatic N) is 1. The SMILES string of the molecule is CC(C)(C)OC(=O)NC(C(=O)N[C@@H]1C(=O)N2C(C(=O)OC(c3ccccc3)c3ccccc3)=C(C=O)CS[C@@H]12)c1ccccc1. The van der Waals surface area contributed by atoms with Crippen molar-refractivity contribution in [2.24, 2.45) is 0 Å². The normalized spacial score (nSPS) is 18.3. The zero-order chi connectivity index (χ0) is 32.1. The van der Waals surface area contributed by atoms with Gasteiger partial charge in [-0.05, 0) is 37.5 Å². The average molecular weight is 628 g/mol. The minimum atomic E-state index is -1.15. The molecule has 1 saturated heterocycles. The molecular weight excluding hydrogens is 594 g/mol. The molecule has 0 radical (unpaired) electrons. The number of aldehydes is 1. The zero-order valence-corrected chi connectivity index (χ0v) is 25.8. The predicted octanol–water partition coefficient (Wildman–Crippen LogP) is 4.44. The highest BCUT2D eigenvalue weighted by molar-refractivity contribution is 8.00. The Morgan fingerprint density at radius 1 is 0.889 bits per heavy atom. The van der Waals surface area contributed by atoms with E-state index in [4.69, 9.17) is 9.47 Å². The Bertz CT molecular complexity index is 1570. The lowest BCUT2D eigenvalue weighted by Crippen LogP contribution is -2.71. The Morgan fingerprint density at radius 3 is 1.93 bits per heavy atom. The highest BCUT2D eigenvalue weighted by Gasteiger charge is 2.55. The Labute approximate surface area is 265 Å². The number of β-lactam (4-membered cyclic amide) rings is 1. The van der Waals surface area contributed by atoms with Gasteiger partial charge in [-0.2, -0.15) is 0 Å². The summed E-state index contributed by atoms with van der Waals surface area (Å²) in [5, 5.41) is 4.65. The van der Waals surface area contributed by atoms with Gasteiger partial charge >= 0.3 is 12.1 Å². The van der Waals surface area contributed by atoms with Crippen molar-refractivity contribution >= 4 is 41.9 Å². The minimum absolute atomic E-state index is 0.119. The molecule has 2 heterocycles. The van der Waals surface area contributed by atoms with E-state index in [-0.39, 0.29) is 17.0 Å². The molecule has 1 unspecified atom stereocenters. The largest absolute Gasteiger partial charge is 0.448 e. The fraction of sp³-hybridized carbons (Fsp3) is 0.265. The fourth-order valence-electron chi connectivity index (χ4n) is 5.08. The van der Waals surface area contributed by atoms with Gasteiger partial charge in [-0.15, -0.1) is 11.8 Å². The topological polar surface area (TPSA) is 131 Å². The molecule has 0 aliphatic carbocycles. The molecule has 0 spiro atoms. The number of fused-ring (bicyclic) bond motifs is 1. The van der Waals surface area contributed by atoms with E-state index in [1.165, 1.54) is 16.7 Å². The summed E-state index contributed by atoms with van der Waals surface area (Å²) in [5.41, 5.74) is 1.10. The summed E-state index contributed by atoms with van der Waals surface area (Å²) in [6.07, 6.45) is -1.03. The van der Waals surface area contributed by atoms with Gasteiger partial charge < -0.3 is 20.1 Å². The van der Waals surface area contributed by atoms with Crippen molar-refractivity contribution in [3.63, 3.8) is 0 Å². The van der Waals surface area contributed by atoms with E-state index in [2.05, 4.69) is 10.6 Å². The van der Waals surface area contributed by atoms with Crippen molar-refractivity contribution in [2.45, 2.75) is 49.9 Å². The van der Waals surface area contributed by atoms with E-state index < -0.39 is 53.0 Å². The third-order valence-electron chi connectivity index (χ3n) is 7.12. The first-order valence-electron chi connectivity index (χ1n) is 14.4. The number of hydrogen-bond donors (Lipinski definition) is 2. The van der Waals surface area contributed by atoms with E-state index in [9.17, 15) is 24.0 Å². The van der Waals surface area contributed by atoms with Crippen LogP contribution in [-0.2, 0) is 28.7 Å². The van der Waals surface area contributed by atoms with Crippen LogP contribution < -0.4 is 10.6 Å². The number of thioether (sulfide) groups is 1. The number of amides is 3. The number of carbonyl (C=O) groups excluding carboxylic acids is 5. The second-order valence-electron chi connectivity index (χ2n) is 11.5. The zero-order valence-electron chi connectivity index (χ0n) is 25.0. The van der Waals surface area contributed by atoms with Gasteiger partial charge in [-0.3, -0.25) is 19.3 Å². The molecule has 2 aliphatic rings. The van der Waals surface area contributed by atoms with Gasteiger partial charge in [-0.1, -0.05) is 91.0 Å². The number of esters is 1. The van der Waals surface area contributed by atoms with Crippen LogP contribution in [0.5, 0.6) is 0 Å². The fourth-order valence-corrected chi connectivity index (χ4v) is 6.37. The Morgan fingerprint density at radius 2 is 1.42 bits per heavy atom. The van der Waals surface area contributed by atoms with Crippen LogP contribution in [0.2, 0.25) is 0 Å². The number of ether oxygens (including phenoxy) is 2. The van der Waals surface area contributed by atoms with Gasteiger partial charge in [0.25, 0.3) is 5.91 Å².